The molecule has 0 N–H and O–H groups in total. The Morgan fingerprint density at radius 2 is 2.04 bits per heavy atom. The third kappa shape index (κ3) is 4.47. The molecule has 0 aliphatic carbocycles. The van der Waals surface area contributed by atoms with E-state index in [4.69, 9.17) is 4.42 Å². The Kier molecular flexibility index (Phi) is 5.49. The largest absolute Gasteiger partial charge is 0.441 e. The van der Waals surface area contributed by atoms with Gasteiger partial charge >= 0.3 is 6.18 Å². The fourth-order valence-corrected chi connectivity index (χ4v) is 2.40. The molecule has 0 atom stereocenters. The number of oxazole rings is 1. The highest BCUT2D eigenvalue weighted by atomic mass is 19.4. The molecule has 24 heavy (non-hydrogen) atoms. The van der Waals surface area contributed by atoms with E-state index in [0.717, 1.165) is 36.5 Å². The molecule has 6 heteroatoms. The maximum atomic E-state index is 12.8. The number of nitrogens with zero attached hydrogens (tertiary/aromatic N) is 2. The van der Waals surface area contributed by atoms with Gasteiger partial charge in [-0.1, -0.05) is 25.1 Å². The van der Waals surface area contributed by atoms with Crippen LogP contribution >= 0.6 is 0 Å². The Morgan fingerprint density at radius 1 is 1.33 bits per heavy atom. The summed E-state index contributed by atoms with van der Waals surface area (Å²) in [7, 11) is 0. The molecule has 0 aliphatic heterocycles. The van der Waals surface area contributed by atoms with E-state index in [9.17, 15) is 13.2 Å². The summed E-state index contributed by atoms with van der Waals surface area (Å²) in [6, 6.07) is 5.01. The number of rotatable bonds is 6. The predicted octanol–water partition coefficient (Wildman–Crippen LogP) is 5.07. The molecule has 0 aliphatic rings. The summed E-state index contributed by atoms with van der Waals surface area (Å²) in [4.78, 5) is 6.53. The van der Waals surface area contributed by atoms with Crippen molar-refractivity contribution in [1.29, 1.82) is 0 Å². The van der Waals surface area contributed by atoms with E-state index in [1.807, 2.05) is 13.8 Å². The zero-order valence-corrected chi connectivity index (χ0v) is 14.1. The van der Waals surface area contributed by atoms with Crippen LogP contribution in [0.25, 0.3) is 11.5 Å². The summed E-state index contributed by atoms with van der Waals surface area (Å²) in [5, 5.41) is 0. The number of aromatic nitrogens is 1. The van der Waals surface area contributed by atoms with Gasteiger partial charge in [0.15, 0.2) is 0 Å². The first-order chi connectivity index (χ1) is 11.2. The van der Waals surface area contributed by atoms with Crippen LogP contribution in [0.5, 0.6) is 0 Å². The average Bonchev–Trinajstić information content (AvgIpc) is 2.86. The number of aryl methyl sites for hydroxylation is 1. The van der Waals surface area contributed by atoms with Crippen molar-refractivity contribution in [3.8, 4) is 11.5 Å². The third-order valence-electron chi connectivity index (χ3n) is 3.64. The highest BCUT2D eigenvalue weighted by Gasteiger charge is 2.30. The van der Waals surface area contributed by atoms with Crippen molar-refractivity contribution in [2.45, 2.75) is 33.5 Å². The van der Waals surface area contributed by atoms with Gasteiger partial charge in [-0.2, -0.15) is 13.2 Å². The molecule has 0 saturated heterocycles. The molecule has 0 saturated carbocycles. The fourth-order valence-electron chi connectivity index (χ4n) is 2.40. The quantitative estimate of drug-likeness (QED) is 0.689. The fraction of sp³-hybridized carbons (Fsp3) is 0.389. The van der Waals surface area contributed by atoms with Gasteiger partial charge in [0.2, 0.25) is 5.89 Å². The van der Waals surface area contributed by atoms with Crippen LogP contribution in [0, 0.1) is 6.92 Å². The number of alkyl halides is 3. The Hall–Kier alpha value is -2.08. The van der Waals surface area contributed by atoms with Crippen molar-refractivity contribution in [3.05, 3.63) is 53.4 Å². The summed E-state index contributed by atoms with van der Waals surface area (Å²) in [6.45, 7) is 11.8. The minimum atomic E-state index is -4.39. The molecule has 2 rings (SSSR count). The smallest absolute Gasteiger partial charge is 0.416 e. The van der Waals surface area contributed by atoms with Gasteiger partial charge in [-0.15, -0.1) is 0 Å². The lowest BCUT2D eigenvalue weighted by molar-refractivity contribution is -0.137. The van der Waals surface area contributed by atoms with Gasteiger partial charge < -0.3 is 4.42 Å². The summed E-state index contributed by atoms with van der Waals surface area (Å²) in [5.74, 6) is 0.822. The average molecular weight is 338 g/mol. The molecule has 2 aromatic rings. The Morgan fingerprint density at radius 3 is 2.62 bits per heavy atom. The summed E-state index contributed by atoms with van der Waals surface area (Å²) in [5.41, 5.74) is 1.37. The normalized spacial score (nSPS) is 12.0. The minimum absolute atomic E-state index is 0.208. The van der Waals surface area contributed by atoms with Crippen molar-refractivity contribution in [2.75, 3.05) is 13.1 Å². The van der Waals surface area contributed by atoms with E-state index in [1.54, 1.807) is 13.0 Å². The molecular formula is C18H21F3N2O. The van der Waals surface area contributed by atoms with Crippen LogP contribution in [-0.4, -0.2) is 23.0 Å². The molecule has 0 fully saturated rings. The Balaban J connectivity index is 2.27. The van der Waals surface area contributed by atoms with E-state index in [2.05, 4.69) is 16.5 Å². The SMILES string of the molecule is C=C(C)CN(CC)Cc1nc(-c2cccc(C(F)(F)F)c2)oc1C. The van der Waals surface area contributed by atoms with Gasteiger partial charge in [0.05, 0.1) is 11.3 Å². The van der Waals surface area contributed by atoms with Crippen LogP contribution in [-0.2, 0) is 12.7 Å². The van der Waals surface area contributed by atoms with Crippen molar-refractivity contribution in [2.24, 2.45) is 0 Å². The van der Waals surface area contributed by atoms with Crippen LogP contribution in [0.2, 0.25) is 0 Å². The van der Waals surface area contributed by atoms with Gasteiger partial charge in [-0.05, 0) is 38.6 Å². The van der Waals surface area contributed by atoms with E-state index < -0.39 is 11.7 Å². The molecule has 0 amide bonds. The maximum Gasteiger partial charge on any atom is 0.416 e. The zero-order valence-electron chi connectivity index (χ0n) is 14.1. The highest BCUT2D eigenvalue weighted by molar-refractivity contribution is 5.55. The number of likely N-dealkylation sites (N-methyl/N-ethyl adjacent to an activating group) is 1. The molecule has 0 bridgehead atoms. The van der Waals surface area contributed by atoms with Crippen LogP contribution in [0.1, 0.15) is 30.9 Å². The maximum absolute atomic E-state index is 12.8. The van der Waals surface area contributed by atoms with E-state index in [1.165, 1.54) is 6.07 Å². The van der Waals surface area contributed by atoms with Crippen molar-refractivity contribution in [3.63, 3.8) is 0 Å². The number of hydrogen-bond donors (Lipinski definition) is 0. The first-order valence-electron chi connectivity index (χ1n) is 7.71. The van der Waals surface area contributed by atoms with Crippen LogP contribution in [0.3, 0.4) is 0 Å². The van der Waals surface area contributed by atoms with Crippen molar-refractivity contribution >= 4 is 0 Å². The second kappa shape index (κ2) is 7.21. The standard InChI is InChI=1S/C18H21F3N2O/c1-5-23(10-12(2)3)11-16-13(4)24-17(22-16)14-7-6-8-15(9-14)18(19,20)21/h6-9H,2,5,10-11H2,1,3-4H3. The lowest BCUT2D eigenvalue weighted by atomic mass is 10.1. The minimum Gasteiger partial charge on any atom is -0.441 e. The van der Waals surface area contributed by atoms with E-state index in [-0.39, 0.29) is 5.89 Å². The van der Waals surface area contributed by atoms with Crippen LogP contribution in [0.15, 0.2) is 40.8 Å². The van der Waals surface area contributed by atoms with Gasteiger partial charge in [-0.25, -0.2) is 4.98 Å². The topological polar surface area (TPSA) is 29.3 Å². The van der Waals surface area contributed by atoms with Crippen molar-refractivity contribution < 1.29 is 17.6 Å². The van der Waals surface area contributed by atoms with E-state index >= 15 is 0 Å². The second-order valence-corrected chi connectivity index (χ2v) is 5.86. The Labute approximate surface area is 139 Å². The highest BCUT2D eigenvalue weighted by Crippen LogP contribution is 2.32. The van der Waals surface area contributed by atoms with Gasteiger partial charge in [0, 0.05) is 18.7 Å². The summed E-state index contributed by atoms with van der Waals surface area (Å²) >= 11 is 0. The zero-order chi connectivity index (χ0) is 17.9. The van der Waals surface area contributed by atoms with Gasteiger partial charge in [0.1, 0.15) is 5.76 Å². The predicted molar refractivity (Wildman–Crippen MR) is 87.4 cm³/mol. The summed E-state index contributed by atoms with van der Waals surface area (Å²) in [6.07, 6.45) is -4.39. The molecule has 1 heterocycles. The monoisotopic (exact) mass is 338 g/mol. The number of hydrogen-bond acceptors (Lipinski definition) is 3. The van der Waals surface area contributed by atoms with Gasteiger partial charge in [0.25, 0.3) is 0 Å². The van der Waals surface area contributed by atoms with Crippen LogP contribution in [0.4, 0.5) is 13.2 Å². The number of halogens is 3. The lowest BCUT2D eigenvalue weighted by Gasteiger charge is -2.19. The van der Waals surface area contributed by atoms with Crippen molar-refractivity contribution in [1.82, 2.24) is 9.88 Å². The molecular weight excluding hydrogens is 317 g/mol. The second-order valence-electron chi connectivity index (χ2n) is 5.86. The first-order valence-corrected chi connectivity index (χ1v) is 7.71. The molecule has 0 spiro atoms. The molecule has 0 unspecified atom stereocenters. The molecule has 130 valence electrons. The molecule has 0 radical (unpaired) electrons. The third-order valence-corrected chi connectivity index (χ3v) is 3.64. The first kappa shape index (κ1) is 18.3. The molecule has 1 aromatic carbocycles. The summed E-state index contributed by atoms with van der Waals surface area (Å²) < 4.78 is 44.1. The van der Waals surface area contributed by atoms with Crippen LogP contribution < -0.4 is 0 Å². The lowest BCUT2D eigenvalue weighted by Crippen LogP contribution is -2.25. The Bertz CT molecular complexity index is 719. The molecule has 3 nitrogen and oxygen atoms in total. The molecule has 1 aromatic heterocycles. The number of benzene rings is 1. The van der Waals surface area contributed by atoms with E-state index in [0.29, 0.717) is 17.9 Å². The van der Waals surface area contributed by atoms with Gasteiger partial charge in [-0.3, -0.25) is 4.90 Å².